The molecule has 26 heavy (non-hydrogen) atoms. The number of rotatable bonds is 0. The number of allylic oxidation sites excluding steroid dienone is 8. The van der Waals surface area contributed by atoms with Gasteiger partial charge in [0.2, 0.25) is 15.9 Å². The third kappa shape index (κ3) is 4.74. The van der Waals surface area contributed by atoms with Crippen LogP contribution in [-0.4, -0.2) is 20.2 Å². The fraction of sp³-hybridized carbons (Fsp3) is 0.167. The Morgan fingerprint density at radius 2 is 0.808 bits per heavy atom. The van der Waals surface area contributed by atoms with E-state index in [1.54, 1.807) is 0 Å². The number of hydrogen-bond donors (Lipinski definition) is 0. The van der Waals surface area contributed by atoms with Crippen molar-refractivity contribution >= 4 is 151 Å². The average Bonchev–Trinajstić information content (AvgIpc) is 2.59. The second kappa shape index (κ2) is 9.29. The van der Waals surface area contributed by atoms with Gasteiger partial charge in [0.25, 0.3) is 0 Å². The maximum absolute atomic E-state index is 11.3. The summed E-state index contributed by atoms with van der Waals surface area (Å²) in [7, 11) is 0. The molecule has 0 unspecified atom stereocenters. The Morgan fingerprint density at radius 1 is 0.462 bits per heavy atom. The van der Waals surface area contributed by atoms with Crippen LogP contribution in [0.2, 0.25) is 0 Å². The van der Waals surface area contributed by atoms with Crippen LogP contribution in [0.25, 0.3) is 0 Å². The lowest BCUT2D eigenvalue weighted by Crippen LogP contribution is -2.30. The summed E-state index contributed by atoms with van der Waals surface area (Å²) < 4.78 is -3.67. The van der Waals surface area contributed by atoms with E-state index < -0.39 is 20.2 Å². The van der Waals surface area contributed by atoms with E-state index in [1.165, 1.54) is 0 Å². The first-order chi connectivity index (χ1) is 11.6. The van der Waals surface area contributed by atoms with Gasteiger partial charge < -0.3 is 0 Å². The van der Waals surface area contributed by atoms with Gasteiger partial charge in [-0.1, -0.05) is 139 Å². The lowest BCUT2D eigenvalue weighted by atomic mass is 10.1. The van der Waals surface area contributed by atoms with Gasteiger partial charge in [-0.3, -0.25) is 9.59 Å². The van der Waals surface area contributed by atoms with Gasteiger partial charge in [0.05, 0.1) is 25.2 Å². The van der Waals surface area contributed by atoms with E-state index in [2.05, 4.69) is 0 Å². The van der Waals surface area contributed by atoms with Crippen molar-refractivity contribution in [3.8, 4) is 0 Å². The second-order valence-electron chi connectivity index (χ2n) is 4.32. The minimum absolute atomic E-state index is 0.113. The standard InChI is InChI=1S/2C6Cl6O/c7-1-3(13)2(8)5(10)6(11,12)4(1)9;7-1-2(8)4(10)6(11,12)5(13)3(1)9. The first-order valence-electron chi connectivity index (χ1n) is 5.68. The van der Waals surface area contributed by atoms with Crippen LogP contribution in [0.15, 0.2) is 40.3 Å². The molecule has 2 rings (SSSR count). The molecule has 0 bridgehead atoms. The van der Waals surface area contributed by atoms with Gasteiger partial charge in [-0.2, -0.15) is 0 Å². The van der Waals surface area contributed by atoms with Crippen molar-refractivity contribution in [2.75, 3.05) is 0 Å². The molecule has 0 aliphatic heterocycles. The summed E-state index contributed by atoms with van der Waals surface area (Å²) in [4.78, 5) is 22.5. The third-order valence-corrected chi connectivity index (χ3v) is 8.47. The highest BCUT2D eigenvalue weighted by Gasteiger charge is 2.45. The zero-order valence-electron chi connectivity index (χ0n) is 11.4. The minimum Gasteiger partial charge on any atom is -0.289 e. The Balaban J connectivity index is 0.000000260. The summed E-state index contributed by atoms with van der Waals surface area (Å²) in [6.07, 6.45) is 0. The largest absolute Gasteiger partial charge is 0.289 e. The van der Waals surface area contributed by atoms with E-state index in [9.17, 15) is 9.59 Å². The summed E-state index contributed by atoms with van der Waals surface area (Å²) in [6, 6.07) is 0. The molecule has 2 aliphatic rings. The Hall–Kier alpha value is 1.78. The van der Waals surface area contributed by atoms with Gasteiger partial charge in [-0.25, -0.2) is 0 Å². The predicted octanol–water partition coefficient (Wildman–Crippen LogP) is 8.24. The van der Waals surface area contributed by atoms with Crippen molar-refractivity contribution in [3.05, 3.63) is 40.3 Å². The molecule has 0 saturated heterocycles. The molecule has 0 N–H and O–H groups in total. The zero-order chi connectivity index (χ0) is 20.8. The first kappa shape index (κ1) is 25.8. The van der Waals surface area contributed by atoms with E-state index in [0.29, 0.717) is 0 Å². The van der Waals surface area contributed by atoms with Gasteiger partial charge in [-0.05, 0) is 0 Å². The first-order valence-corrected chi connectivity index (χ1v) is 10.2. The van der Waals surface area contributed by atoms with Crippen LogP contribution in [-0.2, 0) is 9.59 Å². The molecule has 0 amide bonds. The number of alkyl halides is 4. The van der Waals surface area contributed by atoms with Crippen molar-refractivity contribution in [2.24, 2.45) is 0 Å². The second-order valence-corrected chi connectivity index (χ2v) is 10.00. The van der Waals surface area contributed by atoms with Gasteiger partial charge in [0.1, 0.15) is 15.1 Å². The van der Waals surface area contributed by atoms with E-state index in [4.69, 9.17) is 139 Å². The summed E-state index contributed by atoms with van der Waals surface area (Å²) in [5.41, 5.74) is 0. The lowest BCUT2D eigenvalue weighted by Gasteiger charge is -2.23. The topological polar surface area (TPSA) is 34.1 Å². The highest BCUT2D eigenvalue weighted by molar-refractivity contribution is 6.73. The molecular weight excluding hydrogens is 602 g/mol. The Bertz CT molecular complexity index is 784. The van der Waals surface area contributed by atoms with Gasteiger partial charge in [0.15, 0.2) is 4.33 Å². The number of halogens is 12. The maximum Gasteiger partial charge on any atom is 0.218 e. The molecule has 0 radical (unpaired) electrons. The van der Waals surface area contributed by atoms with Crippen LogP contribution in [0.3, 0.4) is 0 Å². The van der Waals surface area contributed by atoms with Crippen LogP contribution in [0.5, 0.6) is 0 Å². The Labute approximate surface area is 207 Å². The average molecular weight is 602 g/mol. The quantitative estimate of drug-likeness (QED) is 0.262. The van der Waals surface area contributed by atoms with Crippen LogP contribution < -0.4 is 0 Å². The highest BCUT2D eigenvalue weighted by Crippen LogP contribution is 2.50. The normalized spacial score (nSPS) is 22.8. The summed E-state index contributed by atoms with van der Waals surface area (Å²) in [5, 5.41) is -1.93. The summed E-state index contributed by atoms with van der Waals surface area (Å²) in [5.74, 6) is -1.47. The van der Waals surface area contributed by atoms with Gasteiger partial charge >= 0.3 is 0 Å². The SMILES string of the molecule is O=C1C(Cl)=C(Cl)C(Cl)(Cl)C(Cl)=C1Cl.O=C1C(Cl)=C(Cl)C(Cl)=C(Cl)C1(Cl)Cl. The maximum atomic E-state index is 11.3. The van der Waals surface area contributed by atoms with Crippen molar-refractivity contribution in [1.82, 2.24) is 0 Å². The molecule has 0 aromatic carbocycles. The molecule has 0 aromatic heterocycles. The monoisotopic (exact) mass is 596 g/mol. The van der Waals surface area contributed by atoms with Crippen molar-refractivity contribution in [2.45, 2.75) is 8.67 Å². The molecule has 0 aromatic rings. The minimum atomic E-state index is -1.94. The third-order valence-electron chi connectivity index (χ3n) is 2.67. The van der Waals surface area contributed by atoms with Crippen molar-refractivity contribution in [1.29, 1.82) is 0 Å². The summed E-state index contributed by atoms with van der Waals surface area (Å²) in [6.45, 7) is 0. The van der Waals surface area contributed by atoms with E-state index in [-0.39, 0.29) is 40.3 Å². The number of Topliss-reactive ketones (excluding diaryl/α,β-unsaturated/α-hetero) is 2. The van der Waals surface area contributed by atoms with Crippen molar-refractivity contribution < 1.29 is 9.59 Å². The Kier molecular flexibility index (Phi) is 9.22. The molecule has 2 aliphatic carbocycles. The number of ketones is 2. The van der Waals surface area contributed by atoms with E-state index in [0.717, 1.165) is 0 Å². The van der Waals surface area contributed by atoms with E-state index >= 15 is 0 Å². The fourth-order valence-corrected chi connectivity index (χ4v) is 4.34. The van der Waals surface area contributed by atoms with Crippen LogP contribution in [0.1, 0.15) is 0 Å². The molecule has 2 nitrogen and oxygen atoms in total. The fourth-order valence-electron chi connectivity index (χ4n) is 1.34. The number of carbonyl (C=O) groups is 2. The molecule has 0 saturated carbocycles. The zero-order valence-corrected chi connectivity index (χ0v) is 20.4. The molecule has 0 spiro atoms. The van der Waals surface area contributed by atoms with E-state index in [1.807, 2.05) is 0 Å². The number of hydrogen-bond acceptors (Lipinski definition) is 2. The van der Waals surface area contributed by atoms with Gasteiger partial charge in [0, 0.05) is 0 Å². The molecular formula is C12Cl12O2. The number of carbonyl (C=O) groups excluding carboxylic acids is 2. The molecule has 0 atom stereocenters. The van der Waals surface area contributed by atoms with Crippen LogP contribution >= 0.6 is 139 Å². The smallest absolute Gasteiger partial charge is 0.218 e. The summed E-state index contributed by atoms with van der Waals surface area (Å²) >= 11 is 67.1. The molecule has 0 heterocycles. The Morgan fingerprint density at radius 3 is 1.19 bits per heavy atom. The molecule has 144 valence electrons. The van der Waals surface area contributed by atoms with Crippen LogP contribution in [0.4, 0.5) is 0 Å². The molecule has 14 heteroatoms. The van der Waals surface area contributed by atoms with Crippen molar-refractivity contribution in [3.63, 3.8) is 0 Å². The lowest BCUT2D eigenvalue weighted by molar-refractivity contribution is -0.115. The van der Waals surface area contributed by atoms with Gasteiger partial charge in [-0.15, -0.1) is 0 Å². The van der Waals surface area contributed by atoms with Crippen LogP contribution in [0, 0.1) is 0 Å². The molecule has 0 fully saturated rings. The predicted molar refractivity (Wildman–Crippen MR) is 114 cm³/mol. The highest BCUT2D eigenvalue weighted by atomic mass is 35.5.